The number of halogens is 4. The van der Waals surface area contributed by atoms with Crippen molar-refractivity contribution in [2.45, 2.75) is 11.7 Å². The second kappa shape index (κ2) is 9.58. The first kappa shape index (κ1) is 26.0. The van der Waals surface area contributed by atoms with Crippen LogP contribution in [0.3, 0.4) is 0 Å². The maximum atomic E-state index is 13.2. The molecule has 4 aromatic heterocycles. The van der Waals surface area contributed by atoms with E-state index in [9.17, 15) is 23.3 Å². The molecule has 0 aliphatic heterocycles. The van der Waals surface area contributed by atoms with E-state index in [1.165, 1.54) is 61.1 Å². The lowest BCUT2D eigenvalue weighted by atomic mass is 9.80. The molecular weight excluding hydrogens is 539 g/mol. The second-order valence-electron chi connectivity index (χ2n) is 8.46. The number of ether oxygens (including phenoxy) is 1. The van der Waals surface area contributed by atoms with Crippen molar-refractivity contribution in [1.29, 1.82) is 0 Å². The van der Waals surface area contributed by atoms with Crippen molar-refractivity contribution in [2.75, 3.05) is 7.11 Å². The topological polar surface area (TPSA) is 122 Å². The minimum Gasteiger partial charge on any atom is -0.480 e. The van der Waals surface area contributed by atoms with Gasteiger partial charge < -0.3 is 9.30 Å². The molecule has 0 spiro atoms. The summed E-state index contributed by atoms with van der Waals surface area (Å²) in [5.41, 5.74) is -2.08. The zero-order valence-corrected chi connectivity index (χ0v) is 21.0. The van der Waals surface area contributed by atoms with E-state index in [0.717, 1.165) is 12.3 Å². The number of aromatic nitrogens is 6. The second-order valence-corrected chi connectivity index (χ2v) is 8.83. The van der Waals surface area contributed by atoms with Gasteiger partial charge in [-0.1, -0.05) is 11.6 Å². The van der Waals surface area contributed by atoms with Gasteiger partial charge in [0.15, 0.2) is 0 Å². The molecule has 5 rings (SSSR count). The Morgan fingerprint density at radius 2 is 1.74 bits per heavy atom. The van der Waals surface area contributed by atoms with E-state index >= 15 is 0 Å². The van der Waals surface area contributed by atoms with Crippen LogP contribution in [0.2, 0.25) is 5.02 Å². The van der Waals surface area contributed by atoms with Gasteiger partial charge in [0.25, 0.3) is 0 Å². The molecule has 14 heteroatoms. The van der Waals surface area contributed by atoms with Gasteiger partial charge in [0.05, 0.1) is 41.3 Å². The zero-order valence-electron chi connectivity index (χ0n) is 20.2. The van der Waals surface area contributed by atoms with Crippen molar-refractivity contribution >= 4 is 22.5 Å². The van der Waals surface area contributed by atoms with Gasteiger partial charge in [0.2, 0.25) is 5.88 Å². The Kier molecular flexibility index (Phi) is 6.38. The van der Waals surface area contributed by atoms with Crippen LogP contribution in [-0.4, -0.2) is 41.5 Å². The van der Waals surface area contributed by atoms with E-state index in [1.54, 1.807) is 7.05 Å². The van der Waals surface area contributed by atoms with E-state index < -0.39 is 22.3 Å². The molecule has 0 saturated heterocycles. The number of nitrogens with zero attached hydrogens (tertiary/aromatic N) is 7. The average molecular weight is 556 g/mol. The summed E-state index contributed by atoms with van der Waals surface area (Å²) in [5.74, 6) is 0.189. The molecule has 5 aromatic rings. The van der Waals surface area contributed by atoms with Crippen LogP contribution in [0.5, 0.6) is 5.88 Å². The van der Waals surface area contributed by atoms with Gasteiger partial charge in [0, 0.05) is 47.1 Å². The minimum absolute atomic E-state index is 0.0858. The summed E-state index contributed by atoms with van der Waals surface area (Å²) in [6, 6.07) is 6.21. The maximum absolute atomic E-state index is 13.2. The van der Waals surface area contributed by atoms with E-state index in [2.05, 4.69) is 24.9 Å². The highest BCUT2D eigenvalue weighted by molar-refractivity contribution is 6.38. The van der Waals surface area contributed by atoms with Gasteiger partial charge in [-0.05, 0) is 30.3 Å². The van der Waals surface area contributed by atoms with Gasteiger partial charge in [0.1, 0.15) is 17.7 Å². The van der Waals surface area contributed by atoms with Crippen molar-refractivity contribution < 1.29 is 22.8 Å². The molecule has 1 atom stereocenters. The van der Waals surface area contributed by atoms with Crippen molar-refractivity contribution in [3.8, 4) is 17.0 Å². The molecular formula is C25H17ClF3N7O3. The average Bonchev–Trinajstić information content (AvgIpc) is 3.35. The lowest BCUT2D eigenvalue weighted by Gasteiger charge is -2.27. The van der Waals surface area contributed by atoms with Crippen LogP contribution in [-0.2, 0) is 18.8 Å². The first-order valence-corrected chi connectivity index (χ1v) is 11.5. The highest BCUT2D eigenvalue weighted by Gasteiger charge is 2.52. The fourth-order valence-electron chi connectivity index (χ4n) is 4.50. The largest absolute Gasteiger partial charge is 0.480 e. The molecule has 0 radical (unpaired) electrons. The highest BCUT2D eigenvalue weighted by Crippen LogP contribution is 2.44. The summed E-state index contributed by atoms with van der Waals surface area (Å²) in [6.07, 6.45) is 3.14. The Bertz CT molecular complexity index is 1700. The quantitative estimate of drug-likeness (QED) is 0.210. The molecule has 0 saturated carbocycles. The molecule has 0 aliphatic rings. The van der Waals surface area contributed by atoms with Gasteiger partial charge >= 0.3 is 11.7 Å². The van der Waals surface area contributed by atoms with Crippen LogP contribution < -0.4 is 4.74 Å². The molecule has 0 N–H and O–H groups in total. The molecule has 0 aliphatic carbocycles. The SMILES string of the molecule is COc1nc2ccc(C(c3ccc(C(F)(F)F)nc3)(c3cncn3C)[N+](=O)[O-])cc2c(Cl)c1-c1cncnc1. The first-order chi connectivity index (χ1) is 18.6. The van der Waals surface area contributed by atoms with Gasteiger partial charge in [-0.3, -0.25) is 15.1 Å². The van der Waals surface area contributed by atoms with E-state index in [-0.39, 0.29) is 27.7 Å². The molecule has 0 amide bonds. The van der Waals surface area contributed by atoms with Crippen LogP contribution in [0.1, 0.15) is 22.5 Å². The standard InChI is InChI=1S/C25H17ClF3N7O3/c1-35-13-32-11-20(35)24(36(37)38,16-4-6-19(33-10-16)25(27,28)29)15-3-5-18-17(7-15)22(26)21(23(34-18)39-2)14-8-30-12-31-9-14/h3-13H,1-2H3. The van der Waals surface area contributed by atoms with E-state index in [1.807, 2.05) is 0 Å². The number of aryl methyl sites for hydroxylation is 1. The summed E-state index contributed by atoms with van der Waals surface area (Å²) in [4.78, 5) is 32.4. The number of fused-ring (bicyclic) bond motifs is 1. The first-order valence-electron chi connectivity index (χ1n) is 11.2. The highest BCUT2D eigenvalue weighted by atomic mass is 35.5. The lowest BCUT2D eigenvalue weighted by Crippen LogP contribution is -2.40. The summed E-state index contributed by atoms with van der Waals surface area (Å²) in [7, 11) is 2.97. The number of alkyl halides is 3. The Morgan fingerprint density at radius 1 is 1.03 bits per heavy atom. The number of pyridine rings is 2. The van der Waals surface area contributed by atoms with E-state index in [0.29, 0.717) is 28.1 Å². The summed E-state index contributed by atoms with van der Waals surface area (Å²) in [6.45, 7) is 0. The van der Waals surface area contributed by atoms with E-state index in [4.69, 9.17) is 16.3 Å². The van der Waals surface area contributed by atoms with Crippen LogP contribution in [0.4, 0.5) is 13.2 Å². The Morgan fingerprint density at radius 3 is 2.31 bits per heavy atom. The third-order valence-corrected chi connectivity index (χ3v) is 6.67. The number of hydrogen-bond donors (Lipinski definition) is 0. The molecule has 10 nitrogen and oxygen atoms in total. The van der Waals surface area contributed by atoms with Gasteiger partial charge in [-0.15, -0.1) is 0 Å². The molecule has 0 bridgehead atoms. The third kappa shape index (κ3) is 4.20. The molecule has 1 aromatic carbocycles. The fourth-order valence-corrected chi connectivity index (χ4v) is 4.84. The number of benzene rings is 1. The lowest BCUT2D eigenvalue weighted by molar-refractivity contribution is -0.554. The predicted octanol–water partition coefficient (Wildman–Crippen LogP) is 5.07. The monoisotopic (exact) mass is 555 g/mol. The number of methoxy groups -OCH3 is 1. The van der Waals surface area contributed by atoms with Gasteiger partial charge in [-0.2, -0.15) is 13.2 Å². The number of imidazole rings is 1. The number of hydrogen-bond acceptors (Lipinski definition) is 8. The summed E-state index contributed by atoms with van der Waals surface area (Å²) < 4.78 is 46.6. The normalized spacial score (nSPS) is 13.3. The van der Waals surface area contributed by atoms with Crippen molar-refractivity contribution in [3.63, 3.8) is 0 Å². The molecule has 198 valence electrons. The molecule has 39 heavy (non-hydrogen) atoms. The minimum atomic E-state index is -4.72. The van der Waals surface area contributed by atoms with Crippen molar-refractivity contribution in [2.24, 2.45) is 7.05 Å². The van der Waals surface area contributed by atoms with Crippen molar-refractivity contribution in [1.82, 2.24) is 29.5 Å². The van der Waals surface area contributed by atoms with Crippen LogP contribution in [0.25, 0.3) is 22.0 Å². The number of nitro groups is 1. The Balaban J connectivity index is 1.83. The summed E-state index contributed by atoms with van der Waals surface area (Å²) >= 11 is 6.83. The zero-order chi connectivity index (χ0) is 27.9. The summed E-state index contributed by atoms with van der Waals surface area (Å²) in [5, 5.41) is 13.5. The fraction of sp³-hybridized carbons (Fsp3) is 0.160. The Hall–Kier alpha value is -4.65. The van der Waals surface area contributed by atoms with Crippen LogP contribution >= 0.6 is 11.6 Å². The molecule has 4 heterocycles. The van der Waals surface area contributed by atoms with Crippen molar-refractivity contribution in [3.05, 3.63) is 105 Å². The molecule has 1 unspecified atom stereocenters. The maximum Gasteiger partial charge on any atom is 0.433 e. The number of rotatable bonds is 6. The van der Waals surface area contributed by atoms with Gasteiger partial charge in [-0.25, -0.2) is 19.9 Å². The van der Waals surface area contributed by atoms with Crippen LogP contribution in [0.15, 0.2) is 67.8 Å². The predicted molar refractivity (Wildman–Crippen MR) is 134 cm³/mol. The van der Waals surface area contributed by atoms with Crippen LogP contribution in [0, 0.1) is 10.1 Å². The smallest absolute Gasteiger partial charge is 0.433 e. The molecule has 0 fully saturated rings. The third-order valence-electron chi connectivity index (χ3n) is 6.28. The Labute approximate surface area is 223 Å².